The van der Waals surface area contributed by atoms with Crippen molar-refractivity contribution in [1.82, 2.24) is 20.1 Å². The van der Waals surface area contributed by atoms with Crippen molar-refractivity contribution in [2.24, 2.45) is 0 Å². The van der Waals surface area contributed by atoms with Crippen LogP contribution < -0.4 is 5.32 Å². The van der Waals surface area contributed by atoms with E-state index in [1.807, 2.05) is 0 Å². The summed E-state index contributed by atoms with van der Waals surface area (Å²) >= 11 is 0. The summed E-state index contributed by atoms with van der Waals surface area (Å²) in [6.45, 7) is -0.0822. The van der Waals surface area contributed by atoms with Gasteiger partial charge in [-0.05, 0) is 25.7 Å². The molecule has 1 amide bonds. The second-order valence-corrected chi connectivity index (χ2v) is 5.39. The molecule has 0 spiro atoms. The molecular formula is C14H15F3N4O2. The van der Waals surface area contributed by atoms with Crippen molar-refractivity contribution in [1.29, 1.82) is 0 Å². The van der Waals surface area contributed by atoms with Gasteiger partial charge in [-0.25, -0.2) is 4.98 Å². The molecule has 2 heterocycles. The number of hydrogen-bond donors (Lipinski definition) is 1. The summed E-state index contributed by atoms with van der Waals surface area (Å²) in [5.74, 6) is -0.419. The molecule has 1 aliphatic carbocycles. The van der Waals surface area contributed by atoms with Gasteiger partial charge in [0.1, 0.15) is 12.8 Å². The molecule has 3 rings (SSSR count). The van der Waals surface area contributed by atoms with Crippen LogP contribution in [0.4, 0.5) is 13.2 Å². The number of hydrogen-bond acceptors (Lipinski definition) is 4. The van der Waals surface area contributed by atoms with Crippen LogP contribution in [0.2, 0.25) is 0 Å². The van der Waals surface area contributed by atoms with E-state index in [1.54, 1.807) is 0 Å². The summed E-state index contributed by atoms with van der Waals surface area (Å²) in [6, 6.07) is 0. The third kappa shape index (κ3) is 3.38. The van der Waals surface area contributed by atoms with E-state index in [0.29, 0.717) is 30.7 Å². The van der Waals surface area contributed by atoms with Crippen LogP contribution >= 0.6 is 0 Å². The molecule has 23 heavy (non-hydrogen) atoms. The lowest BCUT2D eigenvalue weighted by atomic mass is 9.95. The SMILES string of the molecule is O=C(Cn1nc(C(F)(F)F)c2c1CCCC2)NCc1cocn1. The molecule has 2 aromatic rings. The highest BCUT2D eigenvalue weighted by Crippen LogP contribution is 2.35. The molecule has 0 aromatic carbocycles. The fraction of sp³-hybridized carbons (Fsp3) is 0.500. The van der Waals surface area contributed by atoms with Crippen LogP contribution in [-0.4, -0.2) is 20.7 Å². The van der Waals surface area contributed by atoms with E-state index in [0.717, 1.165) is 6.42 Å². The quantitative estimate of drug-likeness (QED) is 0.933. The fourth-order valence-electron chi connectivity index (χ4n) is 2.74. The zero-order chi connectivity index (χ0) is 16.4. The number of fused-ring (bicyclic) bond motifs is 1. The number of aromatic nitrogens is 3. The van der Waals surface area contributed by atoms with E-state index in [9.17, 15) is 18.0 Å². The van der Waals surface area contributed by atoms with Gasteiger partial charge in [0.25, 0.3) is 0 Å². The van der Waals surface area contributed by atoms with Crippen LogP contribution in [-0.2, 0) is 36.9 Å². The summed E-state index contributed by atoms with van der Waals surface area (Å²) in [5, 5.41) is 6.23. The number of oxazole rings is 1. The van der Waals surface area contributed by atoms with Crippen LogP contribution in [0.3, 0.4) is 0 Å². The lowest BCUT2D eigenvalue weighted by molar-refractivity contribution is -0.142. The highest BCUT2D eigenvalue weighted by atomic mass is 19.4. The molecule has 9 heteroatoms. The standard InChI is InChI=1S/C14H15F3N4O2/c15-14(16,17)13-10-3-1-2-4-11(10)21(20-13)6-12(22)18-5-9-7-23-8-19-9/h7-8H,1-6H2,(H,18,22). The fourth-order valence-corrected chi connectivity index (χ4v) is 2.74. The molecule has 124 valence electrons. The van der Waals surface area contributed by atoms with Crippen LogP contribution in [0.15, 0.2) is 17.1 Å². The normalized spacial score (nSPS) is 14.6. The van der Waals surface area contributed by atoms with Gasteiger partial charge in [0.15, 0.2) is 12.1 Å². The Hall–Kier alpha value is -2.32. The smallest absolute Gasteiger partial charge is 0.435 e. The van der Waals surface area contributed by atoms with Gasteiger partial charge in [-0.1, -0.05) is 0 Å². The van der Waals surface area contributed by atoms with Gasteiger partial charge in [0.2, 0.25) is 5.91 Å². The van der Waals surface area contributed by atoms with Crippen LogP contribution in [0.5, 0.6) is 0 Å². The zero-order valence-electron chi connectivity index (χ0n) is 12.2. The maximum Gasteiger partial charge on any atom is 0.435 e. The van der Waals surface area contributed by atoms with Gasteiger partial charge in [0, 0.05) is 11.3 Å². The summed E-state index contributed by atoms with van der Waals surface area (Å²) in [6.07, 6.45) is 0.499. The van der Waals surface area contributed by atoms with Crippen molar-refractivity contribution in [3.63, 3.8) is 0 Å². The first-order valence-corrected chi connectivity index (χ1v) is 7.24. The Morgan fingerprint density at radius 2 is 2.13 bits per heavy atom. The number of halogens is 3. The highest BCUT2D eigenvalue weighted by Gasteiger charge is 2.39. The Morgan fingerprint density at radius 3 is 2.83 bits per heavy atom. The van der Waals surface area contributed by atoms with Crippen molar-refractivity contribution in [2.75, 3.05) is 0 Å². The van der Waals surface area contributed by atoms with Gasteiger partial charge >= 0.3 is 6.18 Å². The summed E-state index contributed by atoms with van der Waals surface area (Å²) < 4.78 is 45.1. The first kappa shape index (κ1) is 15.6. The van der Waals surface area contributed by atoms with Crippen molar-refractivity contribution < 1.29 is 22.4 Å². The minimum atomic E-state index is -4.50. The first-order valence-electron chi connectivity index (χ1n) is 7.24. The average Bonchev–Trinajstić information content (AvgIpc) is 3.13. The minimum Gasteiger partial charge on any atom is -0.451 e. The largest absolute Gasteiger partial charge is 0.451 e. The van der Waals surface area contributed by atoms with Crippen LogP contribution in [0, 0.1) is 0 Å². The molecule has 2 aromatic heterocycles. The summed E-state index contributed by atoms with van der Waals surface area (Å²) in [5.41, 5.74) is 0.418. The van der Waals surface area contributed by atoms with E-state index >= 15 is 0 Å². The van der Waals surface area contributed by atoms with E-state index in [2.05, 4.69) is 15.4 Å². The van der Waals surface area contributed by atoms with Gasteiger partial charge in [0.05, 0.1) is 12.2 Å². The molecule has 0 aliphatic heterocycles. The highest BCUT2D eigenvalue weighted by molar-refractivity contribution is 5.75. The lowest BCUT2D eigenvalue weighted by Crippen LogP contribution is -2.28. The Balaban J connectivity index is 1.74. The van der Waals surface area contributed by atoms with Crippen molar-refractivity contribution in [3.8, 4) is 0 Å². The van der Waals surface area contributed by atoms with Gasteiger partial charge in [-0.15, -0.1) is 0 Å². The number of carbonyl (C=O) groups excluding carboxylic acids is 1. The van der Waals surface area contributed by atoms with Gasteiger partial charge in [-0.3, -0.25) is 9.48 Å². The molecule has 0 bridgehead atoms. The third-order valence-corrected chi connectivity index (χ3v) is 3.77. The maximum atomic E-state index is 13.1. The van der Waals surface area contributed by atoms with Crippen molar-refractivity contribution in [3.05, 3.63) is 35.3 Å². The maximum absolute atomic E-state index is 13.1. The zero-order valence-corrected chi connectivity index (χ0v) is 12.2. The van der Waals surface area contributed by atoms with Crippen molar-refractivity contribution in [2.45, 2.75) is 44.9 Å². The first-order chi connectivity index (χ1) is 10.9. The van der Waals surface area contributed by atoms with Crippen LogP contribution in [0.1, 0.15) is 35.5 Å². The molecule has 0 saturated heterocycles. The molecule has 0 atom stereocenters. The predicted molar refractivity (Wildman–Crippen MR) is 72.2 cm³/mol. The second kappa shape index (κ2) is 6.05. The Kier molecular flexibility index (Phi) is 4.10. The number of alkyl halides is 3. The number of nitrogens with one attached hydrogen (secondary N) is 1. The molecule has 0 fully saturated rings. The summed E-state index contributed by atoms with van der Waals surface area (Å²) in [7, 11) is 0. The number of nitrogens with zero attached hydrogens (tertiary/aromatic N) is 3. The molecule has 0 unspecified atom stereocenters. The van der Waals surface area contributed by atoms with E-state index in [-0.39, 0.29) is 18.7 Å². The molecule has 6 nitrogen and oxygen atoms in total. The van der Waals surface area contributed by atoms with E-state index in [1.165, 1.54) is 17.3 Å². The third-order valence-electron chi connectivity index (χ3n) is 3.77. The number of rotatable bonds is 4. The topological polar surface area (TPSA) is 73.0 Å². The predicted octanol–water partition coefficient (Wildman–Crippen LogP) is 2.09. The Bertz CT molecular complexity index is 692. The average molecular weight is 328 g/mol. The second-order valence-electron chi connectivity index (χ2n) is 5.39. The van der Waals surface area contributed by atoms with E-state index in [4.69, 9.17) is 4.42 Å². The number of carbonyl (C=O) groups is 1. The molecular weight excluding hydrogens is 313 g/mol. The number of amides is 1. The van der Waals surface area contributed by atoms with Crippen LogP contribution in [0.25, 0.3) is 0 Å². The Labute approximate surface area is 129 Å². The summed E-state index contributed by atoms with van der Waals surface area (Å²) in [4.78, 5) is 15.8. The monoisotopic (exact) mass is 328 g/mol. The molecule has 0 radical (unpaired) electrons. The Morgan fingerprint density at radius 1 is 1.35 bits per heavy atom. The van der Waals surface area contributed by atoms with Crippen molar-refractivity contribution >= 4 is 5.91 Å². The van der Waals surface area contributed by atoms with E-state index < -0.39 is 17.8 Å². The molecule has 0 saturated carbocycles. The minimum absolute atomic E-state index is 0.158. The lowest BCUT2D eigenvalue weighted by Gasteiger charge is -2.14. The van der Waals surface area contributed by atoms with Gasteiger partial charge in [-0.2, -0.15) is 18.3 Å². The molecule has 1 N–H and O–H groups in total. The van der Waals surface area contributed by atoms with Gasteiger partial charge < -0.3 is 9.73 Å². The molecule has 1 aliphatic rings.